The first kappa shape index (κ1) is 10.6. The van der Waals surface area contributed by atoms with Gasteiger partial charge in [-0.25, -0.2) is 0 Å². The lowest BCUT2D eigenvalue weighted by molar-refractivity contribution is 0.669. The number of anilines is 3. The Labute approximate surface area is 323 Å². The predicted octanol–water partition coefficient (Wildman–Crippen LogP) is 13.2. The Kier molecular flexibility index (Phi) is 2.59. The molecular formula is C46H31NO. The molecule has 9 aromatic rings. The number of rotatable bonds is 6. The highest BCUT2D eigenvalue weighted by molar-refractivity contribution is 6.16. The Balaban J connectivity index is 1.56. The second kappa shape index (κ2) is 11.8. The van der Waals surface area contributed by atoms with Crippen LogP contribution in [0.3, 0.4) is 0 Å². The molecule has 0 atom stereocenters. The van der Waals surface area contributed by atoms with E-state index in [4.69, 9.17) is 29.1 Å². The first-order chi connectivity index (χ1) is 36.7. The van der Waals surface area contributed by atoms with Crippen molar-refractivity contribution in [3.63, 3.8) is 0 Å². The summed E-state index contributed by atoms with van der Waals surface area (Å²) in [5, 5.41) is -2.47. The van der Waals surface area contributed by atoms with Gasteiger partial charge in [0.1, 0.15) is 11.2 Å². The van der Waals surface area contributed by atoms with E-state index in [1.165, 1.54) is 0 Å². The molecule has 0 radical (unpaired) electrons. The molecule has 0 unspecified atom stereocenters. The predicted molar refractivity (Wildman–Crippen MR) is 202 cm³/mol. The fourth-order valence-electron chi connectivity index (χ4n) is 4.93. The maximum absolute atomic E-state index is 9.63. The summed E-state index contributed by atoms with van der Waals surface area (Å²) in [6.45, 7) is 0. The molecule has 0 amide bonds. The average Bonchev–Trinajstić information content (AvgIpc) is 3.64. The second-order valence-electron chi connectivity index (χ2n) is 9.77. The Morgan fingerprint density at radius 1 is 0.396 bits per heavy atom. The third kappa shape index (κ3) is 4.92. The third-order valence-electron chi connectivity index (χ3n) is 7.01. The van der Waals surface area contributed by atoms with Crippen LogP contribution in [-0.2, 0) is 0 Å². The summed E-state index contributed by atoms with van der Waals surface area (Å²) in [7, 11) is 0. The Morgan fingerprint density at radius 3 is 1.52 bits per heavy atom. The van der Waals surface area contributed by atoms with E-state index in [0.29, 0.717) is 4.90 Å². The third-order valence-corrected chi connectivity index (χ3v) is 7.01. The van der Waals surface area contributed by atoms with Gasteiger partial charge in [-0.1, -0.05) is 139 Å². The molecule has 48 heavy (non-hydrogen) atoms. The number of fused-ring (bicyclic) bond motifs is 4. The molecule has 2 nitrogen and oxygen atoms in total. The molecule has 0 N–H and O–H groups in total. The van der Waals surface area contributed by atoms with E-state index in [1.807, 2.05) is 0 Å². The van der Waals surface area contributed by atoms with Crippen molar-refractivity contribution in [2.45, 2.75) is 0 Å². The molecule has 0 saturated heterocycles. The van der Waals surface area contributed by atoms with Crippen molar-refractivity contribution in [1.82, 2.24) is 0 Å². The maximum Gasteiger partial charge on any atom is 0.136 e. The molecule has 0 aliphatic carbocycles. The molecule has 1 heterocycles. The summed E-state index contributed by atoms with van der Waals surface area (Å²) < 4.78 is 283. The summed E-state index contributed by atoms with van der Waals surface area (Å²) >= 11 is 0. The van der Waals surface area contributed by atoms with E-state index < -0.39 is 270 Å². The van der Waals surface area contributed by atoms with E-state index in [-0.39, 0.29) is 0 Å². The molecule has 0 bridgehead atoms. The molecular weight excluding hydrogens is 583 g/mol. The highest BCUT2D eigenvalue weighted by Crippen LogP contribution is 2.45. The van der Waals surface area contributed by atoms with Crippen molar-refractivity contribution in [3.8, 4) is 33.4 Å². The SMILES string of the molecule is [2H]c1c([2H])c([2H])c(-c2c([2H])c([2H])c(N(c3c([2H])c([2H])c(-c4c([2H])c([2H])c([2H])c([2H])c4[2H])c([2H])c3[2H])c3c([2H])c([2H])c([2H])c([2H])c3-c3c([2H])c([2H])c([2H])c4oc5c([2H])c6c([2H])c([2H])c([2H])c([2H])c6c([2H])c5c34)c([2H])c2[2H])c([2H])c1[2H]. The fraction of sp³-hybridized carbons (Fsp3) is 0. The summed E-state index contributed by atoms with van der Waals surface area (Å²) in [6, 6.07) is -33.0. The molecule has 0 fully saturated rings. The quantitative estimate of drug-likeness (QED) is 0.179. The van der Waals surface area contributed by atoms with Gasteiger partial charge < -0.3 is 9.32 Å². The van der Waals surface area contributed by atoms with Crippen LogP contribution in [-0.4, -0.2) is 0 Å². The van der Waals surface area contributed by atoms with E-state index in [9.17, 15) is 17.8 Å². The topological polar surface area (TPSA) is 16.4 Å². The first-order valence-corrected chi connectivity index (χ1v) is 13.8. The lowest BCUT2D eigenvalue weighted by atomic mass is 9.96. The molecule has 0 aliphatic heterocycles. The van der Waals surface area contributed by atoms with Crippen molar-refractivity contribution in [2.75, 3.05) is 4.90 Å². The molecule has 0 saturated carbocycles. The van der Waals surface area contributed by atoms with Gasteiger partial charge in [-0.3, -0.25) is 0 Å². The van der Waals surface area contributed by atoms with Gasteiger partial charge in [0.25, 0.3) is 0 Å². The standard InChI is InChI=1S/C46H31NO/c1-3-12-32(13-4-1)34-22-26-38(27-23-34)47(39-28-24-35(25-29-39)33-14-5-2-6-15-33)43-20-10-9-18-40(43)41-19-11-21-44-46(41)42-30-36-16-7-8-17-37(36)31-45(42)48-44/h1-31H/i1D,2D,3D,4D,5D,6D,7D,8D,9D,10D,11D,12D,13D,14D,15D,16D,17D,18D,19D,20D,21D,22D,23D,24D,25D,26D,27D,28D,29D,30D,31D. The Morgan fingerprint density at radius 2 is 0.896 bits per heavy atom. The number of para-hydroxylation sites is 1. The lowest BCUT2D eigenvalue weighted by Gasteiger charge is -2.28. The van der Waals surface area contributed by atoms with Crippen LogP contribution in [0.2, 0.25) is 0 Å². The van der Waals surface area contributed by atoms with Crippen LogP contribution in [0.4, 0.5) is 17.1 Å². The average molecular weight is 645 g/mol. The van der Waals surface area contributed by atoms with Crippen LogP contribution in [0.1, 0.15) is 42.5 Å². The van der Waals surface area contributed by atoms with E-state index in [2.05, 4.69) is 0 Å². The summed E-state index contributed by atoms with van der Waals surface area (Å²) in [6.07, 6.45) is 0. The van der Waals surface area contributed by atoms with Crippen molar-refractivity contribution < 1.29 is 46.9 Å². The largest absolute Gasteiger partial charge is 0.456 e. The van der Waals surface area contributed by atoms with Crippen molar-refractivity contribution in [2.24, 2.45) is 0 Å². The zero-order valence-corrected chi connectivity index (χ0v) is 23.9. The van der Waals surface area contributed by atoms with E-state index in [1.54, 1.807) is 0 Å². The molecule has 1 aromatic heterocycles. The van der Waals surface area contributed by atoms with Crippen molar-refractivity contribution in [3.05, 3.63) is 187 Å². The highest BCUT2D eigenvalue weighted by atomic mass is 16.3. The van der Waals surface area contributed by atoms with Gasteiger partial charge in [-0.05, 0) is 86.9 Å². The van der Waals surface area contributed by atoms with Gasteiger partial charge in [-0.15, -0.1) is 0 Å². The molecule has 2 heteroatoms. The minimum Gasteiger partial charge on any atom is -0.456 e. The monoisotopic (exact) mass is 644 g/mol. The Bertz CT molecular complexity index is 4080. The number of nitrogens with zero attached hydrogens (tertiary/aromatic N) is 1. The highest BCUT2D eigenvalue weighted by Gasteiger charge is 2.20. The lowest BCUT2D eigenvalue weighted by Crippen LogP contribution is -2.11. The van der Waals surface area contributed by atoms with Crippen LogP contribution >= 0.6 is 0 Å². The molecule has 0 aliphatic rings. The van der Waals surface area contributed by atoms with Gasteiger partial charge in [0, 0.05) is 27.7 Å². The molecule has 0 spiro atoms. The van der Waals surface area contributed by atoms with Crippen molar-refractivity contribution >= 4 is 49.8 Å². The minimum atomic E-state index is -1.33. The van der Waals surface area contributed by atoms with Gasteiger partial charge in [0.05, 0.1) is 48.2 Å². The molecule has 226 valence electrons. The van der Waals surface area contributed by atoms with Gasteiger partial charge in [-0.2, -0.15) is 0 Å². The van der Waals surface area contributed by atoms with Crippen LogP contribution in [0.5, 0.6) is 0 Å². The summed E-state index contributed by atoms with van der Waals surface area (Å²) in [4.78, 5) is 0.293. The smallest absolute Gasteiger partial charge is 0.136 e. The van der Waals surface area contributed by atoms with Crippen LogP contribution in [0, 0.1) is 0 Å². The fourth-order valence-corrected chi connectivity index (χ4v) is 4.93. The van der Waals surface area contributed by atoms with Crippen LogP contribution in [0.15, 0.2) is 192 Å². The Hall–Kier alpha value is -6.38. The number of hydrogen-bond donors (Lipinski definition) is 0. The zero-order chi connectivity index (χ0) is 58.8. The van der Waals surface area contributed by atoms with Gasteiger partial charge >= 0.3 is 0 Å². The van der Waals surface area contributed by atoms with Crippen LogP contribution < -0.4 is 4.90 Å². The van der Waals surface area contributed by atoms with E-state index >= 15 is 0 Å². The van der Waals surface area contributed by atoms with E-state index in [0.717, 1.165) is 0 Å². The molecule has 9 rings (SSSR count). The van der Waals surface area contributed by atoms with Gasteiger partial charge in [0.15, 0.2) is 0 Å². The van der Waals surface area contributed by atoms with Crippen LogP contribution in [0.25, 0.3) is 66.1 Å². The first-order valence-electron chi connectivity index (χ1n) is 29.3. The normalized spacial score (nSPS) is 20.4. The number of furan rings is 1. The maximum atomic E-state index is 9.63. The molecule has 8 aromatic carbocycles. The summed E-state index contributed by atoms with van der Waals surface area (Å²) in [5.74, 6) is 0. The summed E-state index contributed by atoms with van der Waals surface area (Å²) in [5.41, 5.74) is -10.7. The minimum absolute atomic E-state index is 0.293. The number of benzene rings is 8. The number of hydrogen-bond acceptors (Lipinski definition) is 2. The second-order valence-corrected chi connectivity index (χ2v) is 9.77. The zero-order valence-electron chi connectivity index (χ0n) is 54.9. The van der Waals surface area contributed by atoms with Gasteiger partial charge in [0.2, 0.25) is 0 Å². The van der Waals surface area contributed by atoms with Crippen molar-refractivity contribution in [1.29, 1.82) is 0 Å².